The summed E-state index contributed by atoms with van der Waals surface area (Å²) in [4.78, 5) is 19.4. The Labute approximate surface area is 125 Å². The van der Waals surface area contributed by atoms with Gasteiger partial charge in [-0.1, -0.05) is 19.9 Å². The maximum atomic E-state index is 12.3. The first-order valence-electron chi connectivity index (χ1n) is 6.51. The number of thiophene rings is 1. The Morgan fingerprint density at radius 2 is 2.20 bits per heavy atom. The molecule has 106 valence electrons. The molecule has 2 aromatic rings. The molecule has 0 unspecified atom stereocenters. The molecule has 1 N–H and O–H groups in total. The lowest BCUT2D eigenvalue weighted by atomic mass is 9.83. The lowest BCUT2D eigenvalue weighted by Crippen LogP contribution is -2.66. The zero-order valence-electron chi connectivity index (χ0n) is 11.4. The smallest absolute Gasteiger partial charge is 0.273 e. The third-order valence-corrected chi connectivity index (χ3v) is 5.63. The van der Waals surface area contributed by atoms with Crippen LogP contribution in [0.5, 0.6) is 0 Å². The predicted molar refractivity (Wildman–Crippen MR) is 81.1 cm³/mol. The van der Waals surface area contributed by atoms with Gasteiger partial charge in [-0.05, 0) is 17.4 Å². The summed E-state index contributed by atoms with van der Waals surface area (Å²) < 4.78 is 0. The number of likely N-dealkylation sites (tertiary alicyclic amines) is 1. The summed E-state index contributed by atoms with van der Waals surface area (Å²) in [6, 6.07) is 3.97. The van der Waals surface area contributed by atoms with Gasteiger partial charge < -0.3 is 10.0 Å². The second kappa shape index (κ2) is 4.95. The molecule has 3 rings (SSSR count). The molecule has 0 aliphatic carbocycles. The van der Waals surface area contributed by atoms with Crippen LogP contribution in [0.25, 0.3) is 9.88 Å². The van der Waals surface area contributed by atoms with Crippen LogP contribution in [0.1, 0.15) is 24.3 Å². The minimum Gasteiger partial charge on any atom is -0.386 e. The van der Waals surface area contributed by atoms with E-state index in [4.69, 9.17) is 0 Å². The number of amides is 1. The molecule has 0 aromatic carbocycles. The van der Waals surface area contributed by atoms with Gasteiger partial charge in [0.15, 0.2) is 0 Å². The van der Waals surface area contributed by atoms with E-state index in [0.717, 1.165) is 9.88 Å². The van der Waals surface area contributed by atoms with Crippen molar-refractivity contribution in [2.45, 2.75) is 19.4 Å². The Morgan fingerprint density at radius 1 is 1.45 bits per heavy atom. The topological polar surface area (TPSA) is 53.4 Å². The summed E-state index contributed by atoms with van der Waals surface area (Å²) >= 11 is 3.10. The van der Waals surface area contributed by atoms with E-state index in [1.54, 1.807) is 21.6 Å². The third kappa shape index (κ3) is 2.28. The standard InChI is InChI=1S/C14H16N2O2S2/c1-9(2)14(18)7-16(8-14)13(17)10-6-20-12(15-10)11-4-3-5-19-11/h3-6,9,18H,7-8H2,1-2H3. The SMILES string of the molecule is CC(C)C1(O)CN(C(=O)c2csc(-c3cccs3)n2)C1. The summed E-state index contributed by atoms with van der Waals surface area (Å²) in [6.45, 7) is 4.74. The van der Waals surface area contributed by atoms with Gasteiger partial charge in [0.2, 0.25) is 0 Å². The Hall–Kier alpha value is -1.24. The fourth-order valence-electron chi connectivity index (χ4n) is 2.17. The largest absolute Gasteiger partial charge is 0.386 e. The van der Waals surface area contributed by atoms with Crippen molar-refractivity contribution in [3.05, 3.63) is 28.6 Å². The monoisotopic (exact) mass is 308 g/mol. The van der Waals surface area contributed by atoms with Crippen molar-refractivity contribution in [1.29, 1.82) is 0 Å². The third-order valence-electron chi connectivity index (χ3n) is 3.75. The van der Waals surface area contributed by atoms with Crippen molar-refractivity contribution < 1.29 is 9.90 Å². The summed E-state index contributed by atoms with van der Waals surface area (Å²) in [5.74, 6) is 0.0676. The van der Waals surface area contributed by atoms with Crippen LogP contribution < -0.4 is 0 Å². The Bertz CT molecular complexity index is 613. The van der Waals surface area contributed by atoms with Crippen molar-refractivity contribution in [1.82, 2.24) is 9.88 Å². The molecule has 1 fully saturated rings. The highest BCUT2D eigenvalue weighted by Gasteiger charge is 2.46. The Kier molecular flexibility index (Phi) is 3.40. The maximum Gasteiger partial charge on any atom is 0.273 e. The van der Waals surface area contributed by atoms with Crippen LogP contribution in [0.2, 0.25) is 0 Å². The first-order valence-corrected chi connectivity index (χ1v) is 8.26. The van der Waals surface area contributed by atoms with Gasteiger partial charge in [0.05, 0.1) is 18.0 Å². The molecule has 3 heterocycles. The van der Waals surface area contributed by atoms with Crippen LogP contribution in [-0.4, -0.2) is 39.6 Å². The van der Waals surface area contributed by atoms with E-state index in [2.05, 4.69) is 4.98 Å². The molecule has 0 saturated carbocycles. The minimum absolute atomic E-state index is 0.0885. The lowest BCUT2D eigenvalue weighted by molar-refractivity contribution is -0.111. The number of carbonyl (C=O) groups is 1. The highest BCUT2D eigenvalue weighted by atomic mass is 32.1. The molecule has 2 aromatic heterocycles. The van der Waals surface area contributed by atoms with Gasteiger partial charge >= 0.3 is 0 Å². The van der Waals surface area contributed by atoms with Gasteiger partial charge in [0.1, 0.15) is 16.3 Å². The Morgan fingerprint density at radius 3 is 2.80 bits per heavy atom. The predicted octanol–water partition coefficient (Wildman–Crippen LogP) is 2.71. The lowest BCUT2D eigenvalue weighted by Gasteiger charge is -2.48. The molecule has 0 radical (unpaired) electrons. The number of hydrogen-bond acceptors (Lipinski definition) is 5. The maximum absolute atomic E-state index is 12.3. The van der Waals surface area contributed by atoms with Gasteiger partial charge in [-0.2, -0.15) is 0 Å². The van der Waals surface area contributed by atoms with Crippen LogP contribution >= 0.6 is 22.7 Å². The van der Waals surface area contributed by atoms with Crippen LogP contribution in [0.3, 0.4) is 0 Å². The first-order chi connectivity index (χ1) is 9.49. The van der Waals surface area contributed by atoms with Gasteiger partial charge in [0, 0.05) is 5.38 Å². The van der Waals surface area contributed by atoms with E-state index in [1.807, 2.05) is 31.4 Å². The van der Waals surface area contributed by atoms with E-state index in [-0.39, 0.29) is 11.8 Å². The second-order valence-corrected chi connectivity index (χ2v) is 7.24. The molecule has 1 aliphatic heterocycles. The van der Waals surface area contributed by atoms with Crippen LogP contribution in [0.15, 0.2) is 22.9 Å². The quantitative estimate of drug-likeness (QED) is 0.948. The van der Waals surface area contributed by atoms with E-state index in [0.29, 0.717) is 18.8 Å². The summed E-state index contributed by atoms with van der Waals surface area (Å²) in [7, 11) is 0. The van der Waals surface area contributed by atoms with Crippen molar-refractivity contribution in [2.75, 3.05) is 13.1 Å². The number of aromatic nitrogens is 1. The number of hydrogen-bond donors (Lipinski definition) is 1. The number of β-amino-alcohol motifs (C(OH)–C–C–N with tert-alkyl or cyclic N) is 1. The van der Waals surface area contributed by atoms with E-state index >= 15 is 0 Å². The first kappa shape index (κ1) is 13.7. The summed E-state index contributed by atoms with van der Waals surface area (Å²) in [5, 5.41) is 14.9. The Balaban J connectivity index is 1.71. The molecular formula is C14H16N2O2S2. The number of rotatable bonds is 3. The highest BCUT2D eigenvalue weighted by Crippen LogP contribution is 2.32. The van der Waals surface area contributed by atoms with Gasteiger partial charge in [-0.15, -0.1) is 22.7 Å². The van der Waals surface area contributed by atoms with Crippen LogP contribution in [-0.2, 0) is 0 Å². The number of thiazole rings is 1. The van der Waals surface area contributed by atoms with Gasteiger partial charge in [-0.3, -0.25) is 4.79 Å². The molecule has 0 atom stereocenters. The molecule has 4 nitrogen and oxygen atoms in total. The number of carbonyl (C=O) groups excluding carboxylic acids is 1. The fourth-order valence-corrected chi connectivity index (χ4v) is 3.78. The van der Waals surface area contributed by atoms with Gasteiger partial charge in [-0.25, -0.2) is 4.98 Å². The van der Waals surface area contributed by atoms with Crippen molar-refractivity contribution in [3.63, 3.8) is 0 Å². The van der Waals surface area contributed by atoms with Gasteiger partial charge in [0.25, 0.3) is 5.91 Å². The zero-order chi connectivity index (χ0) is 14.3. The molecule has 6 heteroatoms. The number of nitrogens with zero attached hydrogens (tertiary/aromatic N) is 2. The zero-order valence-corrected chi connectivity index (χ0v) is 13.0. The summed E-state index contributed by atoms with van der Waals surface area (Å²) in [5.41, 5.74) is -0.258. The molecule has 0 spiro atoms. The molecule has 20 heavy (non-hydrogen) atoms. The molecule has 1 aliphatic rings. The average molecular weight is 308 g/mol. The molecule has 1 saturated heterocycles. The fraction of sp³-hybridized carbons (Fsp3) is 0.429. The molecule has 1 amide bonds. The van der Waals surface area contributed by atoms with Crippen LogP contribution in [0, 0.1) is 5.92 Å². The van der Waals surface area contributed by atoms with Crippen molar-refractivity contribution >= 4 is 28.6 Å². The minimum atomic E-state index is -0.734. The van der Waals surface area contributed by atoms with E-state index in [9.17, 15) is 9.90 Å². The normalized spacial score (nSPS) is 17.3. The van der Waals surface area contributed by atoms with Crippen LogP contribution in [0.4, 0.5) is 0 Å². The summed E-state index contributed by atoms with van der Waals surface area (Å²) in [6.07, 6.45) is 0. The van der Waals surface area contributed by atoms with Crippen molar-refractivity contribution in [2.24, 2.45) is 5.92 Å². The number of aliphatic hydroxyl groups is 1. The molecule has 0 bridgehead atoms. The van der Waals surface area contributed by atoms with E-state index in [1.165, 1.54) is 11.3 Å². The molecular weight excluding hydrogens is 292 g/mol. The second-order valence-electron chi connectivity index (χ2n) is 5.43. The highest BCUT2D eigenvalue weighted by molar-refractivity contribution is 7.20. The average Bonchev–Trinajstić information content (AvgIpc) is 3.03. The van der Waals surface area contributed by atoms with Crippen molar-refractivity contribution in [3.8, 4) is 9.88 Å². The van der Waals surface area contributed by atoms with E-state index < -0.39 is 5.60 Å².